The molecule has 4 saturated carbocycles. The summed E-state index contributed by atoms with van der Waals surface area (Å²) in [6, 6.07) is 10.4. The Balaban J connectivity index is 0.775. The van der Waals surface area contributed by atoms with Crippen molar-refractivity contribution in [1.29, 1.82) is 0 Å². The fraction of sp³-hybridized carbons (Fsp3) is 0.717. The number of benzene rings is 2. The molecule has 0 aromatic heterocycles. The van der Waals surface area contributed by atoms with Gasteiger partial charge >= 0.3 is 12.2 Å². The van der Waals surface area contributed by atoms with Crippen molar-refractivity contribution >= 4 is 29.3 Å². The number of Topliss-reactive ketones (excluding diaryl/α,β-unsaturated/α-hetero) is 1. The summed E-state index contributed by atoms with van der Waals surface area (Å²) in [7, 11) is 0. The van der Waals surface area contributed by atoms with Crippen LogP contribution in [0.15, 0.2) is 48.5 Å². The first kappa shape index (κ1) is 52.5. The van der Waals surface area contributed by atoms with Crippen LogP contribution >= 0.6 is 0 Å². The largest absolute Gasteiger partial charge is 0.446 e. The molecular weight excluding hydrogens is 959 g/mol. The molecule has 0 radical (unpaired) electrons. The van der Waals surface area contributed by atoms with Crippen molar-refractivity contribution in [3.8, 4) is 0 Å². The molecule has 10 rings (SSSR count). The SMILES string of the molecule is C[C@@H]1CC[C@@]2(OC1)O[C@H]1C[C@H]3[C@@H]4CC[C@H]5C[C@@H](O[C@@H]6O[C@H](CO)[C@@H](O[C@@H]7O[C@H](COC(=O)Nc8ccccc8F)[C@@H](OC(=O)Nc8ccccc8F)[C@H](O)[C@H]7O)[C@H](O)[C@H]6O)CC[C@]5(C)[C@H]4C(=O)C[C@]3(C)[C@H]1[C@@H]2C. The number of nitrogens with one attached hydrogen (secondary N) is 2. The Bertz CT molecular complexity index is 2340. The minimum absolute atomic E-state index is 0.0725. The minimum atomic E-state index is -2.04. The number of carbonyl (C=O) groups is 3. The molecule has 0 unspecified atom stereocenters. The summed E-state index contributed by atoms with van der Waals surface area (Å²) >= 11 is 0. The molecule has 4 aliphatic carbocycles. The van der Waals surface area contributed by atoms with Crippen molar-refractivity contribution in [3.63, 3.8) is 0 Å². The first-order valence-electron chi connectivity index (χ1n) is 26.0. The molecule has 4 heterocycles. The third kappa shape index (κ3) is 9.59. The smallest absolute Gasteiger partial charge is 0.412 e. The van der Waals surface area contributed by atoms with Crippen molar-refractivity contribution < 1.29 is 86.6 Å². The molecule has 8 aliphatic rings. The van der Waals surface area contributed by atoms with Crippen LogP contribution in [0.4, 0.5) is 29.7 Å². The number of aliphatic hydroxyl groups is 5. The summed E-state index contributed by atoms with van der Waals surface area (Å²) < 4.78 is 77.1. The van der Waals surface area contributed by atoms with E-state index in [9.17, 15) is 48.7 Å². The van der Waals surface area contributed by atoms with Gasteiger partial charge in [-0.3, -0.25) is 15.4 Å². The Morgan fingerprint density at radius 3 is 2.07 bits per heavy atom. The Kier molecular flexibility index (Phi) is 14.8. The van der Waals surface area contributed by atoms with E-state index in [0.29, 0.717) is 49.9 Å². The highest BCUT2D eigenvalue weighted by molar-refractivity contribution is 5.86. The van der Waals surface area contributed by atoms with Crippen LogP contribution in [0.3, 0.4) is 0 Å². The van der Waals surface area contributed by atoms with Crippen molar-refractivity contribution in [1.82, 2.24) is 0 Å². The molecule has 20 heteroatoms. The zero-order valence-corrected chi connectivity index (χ0v) is 41.6. The van der Waals surface area contributed by atoms with Crippen LogP contribution in [0.2, 0.25) is 0 Å². The topological polar surface area (TPSA) is 250 Å². The van der Waals surface area contributed by atoms with Crippen molar-refractivity contribution in [2.75, 3.05) is 30.5 Å². The summed E-state index contributed by atoms with van der Waals surface area (Å²) in [5, 5.41) is 60.8. The Morgan fingerprint density at radius 2 is 1.41 bits per heavy atom. The van der Waals surface area contributed by atoms with Gasteiger partial charge in [-0.1, -0.05) is 52.0 Å². The van der Waals surface area contributed by atoms with Gasteiger partial charge in [0.25, 0.3) is 0 Å². The maximum absolute atomic E-state index is 14.7. The third-order valence-electron chi connectivity index (χ3n) is 18.5. The van der Waals surface area contributed by atoms with Gasteiger partial charge < -0.3 is 63.4 Å². The molecule has 22 atom stereocenters. The lowest BCUT2D eigenvalue weighted by Crippen LogP contribution is -2.65. The fourth-order valence-electron chi connectivity index (χ4n) is 14.8. The molecule has 8 fully saturated rings. The van der Waals surface area contributed by atoms with Crippen molar-refractivity contribution in [3.05, 3.63) is 60.2 Å². The average Bonchev–Trinajstić information content (AvgIpc) is 3.80. The summed E-state index contributed by atoms with van der Waals surface area (Å²) in [6.07, 6.45) is -13.1. The third-order valence-corrected chi connectivity index (χ3v) is 18.5. The van der Waals surface area contributed by atoms with Gasteiger partial charge in [0.05, 0.1) is 36.8 Å². The number of carbonyl (C=O) groups excluding carboxylic acids is 3. The van der Waals surface area contributed by atoms with E-state index >= 15 is 0 Å². The summed E-state index contributed by atoms with van der Waals surface area (Å²) in [5.74, 6) is -0.159. The zero-order valence-electron chi connectivity index (χ0n) is 41.6. The van der Waals surface area contributed by atoms with E-state index in [-0.39, 0.29) is 57.9 Å². The second-order valence-corrected chi connectivity index (χ2v) is 22.7. The Morgan fingerprint density at radius 1 is 0.767 bits per heavy atom. The van der Waals surface area contributed by atoms with E-state index in [1.807, 2.05) is 0 Å². The summed E-state index contributed by atoms with van der Waals surface area (Å²) in [4.78, 5) is 40.4. The van der Waals surface area contributed by atoms with Crippen LogP contribution in [0.5, 0.6) is 0 Å². The molecule has 402 valence electrons. The van der Waals surface area contributed by atoms with Crippen molar-refractivity contribution in [2.45, 2.75) is 165 Å². The number of anilines is 2. The van der Waals surface area contributed by atoms with Crippen LogP contribution in [0.25, 0.3) is 0 Å². The summed E-state index contributed by atoms with van der Waals surface area (Å²) in [6.45, 7) is 8.23. The first-order valence-corrected chi connectivity index (χ1v) is 26.0. The number of ether oxygens (including phenoxy) is 8. The lowest BCUT2D eigenvalue weighted by atomic mass is 9.44. The maximum atomic E-state index is 14.7. The molecule has 2 aromatic carbocycles. The summed E-state index contributed by atoms with van der Waals surface area (Å²) in [5.41, 5.74) is -0.922. The monoisotopic (exact) mass is 1030 g/mol. The van der Waals surface area contributed by atoms with Crippen LogP contribution < -0.4 is 10.6 Å². The van der Waals surface area contributed by atoms with Crippen LogP contribution in [0, 0.1) is 63.9 Å². The highest BCUT2D eigenvalue weighted by atomic mass is 19.1. The molecule has 2 amide bonds. The van der Waals surface area contributed by atoms with Gasteiger partial charge in [-0.15, -0.1) is 0 Å². The first-order chi connectivity index (χ1) is 34.8. The van der Waals surface area contributed by atoms with Gasteiger partial charge in [-0.05, 0) is 110 Å². The molecule has 0 bridgehead atoms. The van der Waals surface area contributed by atoms with Gasteiger partial charge in [0, 0.05) is 24.7 Å². The number of rotatable bonds is 10. The molecule has 4 aliphatic heterocycles. The lowest BCUT2D eigenvalue weighted by Gasteiger charge is -2.60. The van der Waals surface area contributed by atoms with E-state index in [0.717, 1.165) is 44.2 Å². The maximum Gasteiger partial charge on any atom is 0.412 e. The fourth-order valence-corrected chi connectivity index (χ4v) is 14.8. The van der Waals surface area contributed by atoms with E-state index in [4.69, 9.17) is 37.9 Å². The van der Waals surface area contributed by atoms with Crippen LogP contribution in [-0.4, -0.2) is 143 Å². The number of aliphatic hydroxyl groups excluding tert-OH is 5. The van der Waals surface area contributed by atoms with Gasteiger partial charge in [0.15, 0.2) is 24.5 Å². The number of fused-ring (bicyclic) bond motifs is 7. The van der Waals surface area contributed by atoms with Crippen LogP contribution in [0.1, 0.15) is 85.5 Å². The number of hydrogen-bond acceptors (Lipinski definition) is 16. The second-order valence-electron chi connectivity index (χ2n) is 22.7. The lowest BCUT2D eigenvalue weighted by molar-refractivity contribution is -0.363. The Labute approximate surface area is 422 Å². The van der Waals surface area contributed by atoms with Gasteiger partial charge in [-0.2, -0.15) is 0 Å². The van der Waals surface area contributed by atoms with Crippen molar-refractivity contribution in [2.24, 2.45) is 52.3 Å². The Hall–Kier alpha value is -3.93. The van der Waals surface area contributed by atoms with E-state index in [1.54, 1.807) is 0 Å². The highest BCUT2D eigenvalue weighted by Crippen LogP contribution is 2.70. The molecule has 18 nitrogen and oxygen atoms in total. The average molecular weight is 1030 g/mol. The molecule has 4 saturated heterocycles. The quantitative estimate of drug-likeness (QED) is 0.147. The number of hydrogen-bond donors (Lipinski definition) is 7. The standard InChI is InChI=1S/C53H70F2N2O16/c1-25-15-18-53(67-23-25)26(2)39-36(73-53)20-30-29-14-13-27-19-28(16-17-51(27,3)40(29)35(59)21-52(30,39)4)68-47-43(62)41(60)45(37(22-58)69-47)71-48-44(63)42(61)46(72-50(65)57-34-12-8-6-10-32(34)55)38(70-48)24-66-49(64)56-33-11-7-5-9-31(33)54/h5-12,25-30,36-48,58,60-63H,13-24H2,1-4H3,(H,56,64)(H,57,65)/t25-,26+,27+,28+,29+,30+,36+,37-,38-,39+,40-,41-,42-,43-,44-,45-,46-,47-,48+,51+,52+,53-/m1/s1. The molecule has 73 heavy (non-hydrogen) atoms. The van der Waals surface area contributed by atoms with Gasteiger partial charge in [-0.25, -0.2) is 18.4 Å². The second kappa shape index (κ2) is 20.5. The number of halogens is 2. The van der Waals surface area contributed by atoms with Crippen LogP contribution in [-0.2, 0) is 42.7 Å². The number of amides is 2. The van der Waals surface area contributed by atoms with E-state index in [1.165, 1.54) is 36.4 Å². The number of ketones is 1. The highest BCUT2D eigenvalue weighted by Gasteiger charge is 2.71. The molecule has 7 N–H and O–H groups in total. The molecule has 1 spiro atoms. The predicted molar refractivity (Wildman–Crippen MR) is 252 cm³/mol. The molecular formula is C53H70F2N2O16. The number of para-hydroxylation sites is 2. The molecule has 2 aromatic rings. The zero-order chi connectivity index (χ0) is 51.7. The van der Waals surface area contributed by atoms with Gasteiger partial charge in [0.2, 0.25) is 0 Å². The van der Waals surface area contributed by atoms with Gasteiger partial charge in [0.1, 0.15) is 66.8 Å². The minimum Gasteiger partial charge on any atom is -0.446 e. The predicted octanol–water partition coefficient (Wildman–Crippen LogP) is 5.41. The van der Waals surface area contributed by atoms with E-state index in [2.05, 4.69) is 38.3 Å². The van der Waals surface area contributed by atoms with E-state index < -0.39 is 110 Å². The normalized spacial score (nSPS) is 45.1.